The van der Waals surface area contributed by atoms with Crippen LogP contribution in [0.5, 0.6) is 0 Å². The van der Waals surface area contributed by atoms with E-state index < -0.39 is 5.97 Å². The van der Waals surface area contributed by atoms with Crippen LogP contribution in [0.2, 0.25) is 0 Å². The molecule has 0 spiro atoms. The van der Waals surface area contributed by atoms with Crippen molar-refractivity contribution in [2.24, 2.45) is 5.92 Å². The van der Waals surface area contributed by atoms with Gasteiger partial charge in [0.25, 0.3) is 0 Å². The van der Waals surface area contributed by atoms with Crippen molar-refractivity contribution in [2.45, 2.75) is 38.6 Å². The van der Waals surface area contributed by atoms with E-state index in [1.807, 2.05) is 30.3 Å². The van der Waals surface area contributed by atoms with Crippen molar-refractivity contribution < 1.29 is 14.7 Å². The Morgan fingerprint density at radius 2 is 1.80 bits per heavy atom. The summed E-state index contributed by atoms with van der Waals surface area (Å²) in [6.45, 7) is 0.152. The van der Waals surface area contributed by atoms with Gasteiger partial charge in [0.05, 0.1) is 0 Å². The average molecular weight is 275 g/mol. The normalized spacial score (nSPS) is 15.2. The monoisotopic (exact) mass is 275 g/mol. The second-order valence-electron chi connectivity index (χ2n) is 5.48. The van der Waals surface area contributed by atoms with Gasteiger partial charge in [-0.05, 0) is 24.3 Å². The Kier molecular flexibility index (Phi) is 5.16. The van der Waals surface area contributed by atoms with Crippen molar-refractivity contribution in [1.82, 2.24) is 4.90 Å². The number of rotatable bonds is 6. The standard InChI is InChI=1S/C16H21NO3/c18-15(10-13-6-4-5-7-13)17(12-16(19)20)11-14-8-2-1-3-9-14/h1-3,8-9,13H,4-7,10-12H2,(H,19,20). The van der Waals surface area contributed by atoms with Crippen LogP contribution < -0.4 is 0 Å². The molecule has 1 aliphatic carbocycles. The third-order valence-electron chi connectivity index (χ3n) is 3.83. The second kappa shape index (κ2) is 7.08. The molecule has 20 heavy (non-hydrogen) atoms. The number of amides is 1. The quantitative estimate of drug-likeness (QED) is 0.868. The molecule has 0 aliphatic heterocycles. The number of nitrogens with zero attached hydrogens (tertiary/aromatic N) is 1. The lowest BCUT2D eigenvalue weighted by Gasteiger charge is -2.22. The summed E-state index contributed by atoms with van der Waals surface area (Å²) in [5.74, 6) is -0.557. The number of hydrogen-bond donors (Lipinski definition) is 1. The Balaban J connectivity index is 1.98. The fourth-order valence-electron chi connectivity index (χ4n) is 2.79. The van der Waals surface area contributed by atoms with Gasteiger partial charge in [-0.15, -0.1) is 0 Å². The molecule has 4 heteroatoms. The zero-order valence-electron chi connectivity index (χ0n) is 11.6. The van der Waals surface area contributed by atoms with E-state index in [1.54, 1.807) is 0 Å². The van der Waals surface area contributed by atoms with Crippen molar-refractivity contribution in [3.63, 3.8) is 0 Å². The van der Waals surface area contributed by atoms with Crippen LogP contribution in [-0.4, -0.2) is 28.4 Å². The molecule has 1 fully saturated rings. The van der Waals surface area contributed by atoms with Crippen LogP contribution in [0.25, 0.3) is 0 Å². The highest BCUT2D eigenvalue weighted by atomic mass is 16.4. The van der Waals surface area contributed by atoms with Gasteiger partial charge in [0, 0.05) is 13.0 Å². The number of aliphatic carboxylic acids is 1. The van der Waals surface area contributed by atoms with Crippen LogP contribution in [0.15, 0.2) is 30.3 Å². The van der Waals surface area contributed by atoms with Crippen molar-refractivity contribution in [2.75, 3.05) is 6.54 Å². The molecule has 0 aromatic heterocycles. The summed E-state index contributed by atoms with van der Waals surface area (Å²) in [6.07, 6.45) is 5.06. The minimum Gasteiger partial charge on any atom is -0.480 e. The van der Waals surface area contributed by atoms with E-state index in [2.05, 4.69) is 0 Å². The molecule has 1 aromatic carbocycles. The number of hydrogen-bond acceptors (Lipinski definition) is 2. The Morgan fingerprint density at radius 1 is 1.15 bits per heavy atom. The zero-order valence-corrected chi connectivity index (χ0v) is 11.6. The topological polar surface area (TPSA) is 57.6 Å². The maximum absolute atomic E-state index is 12.3. The van der Waals surface area contributed by atoms with Gasteiger partial charge in [0.1, 0.15) is 6.54 Å². The first-order valence-electron chi connectivity index (χ1n) is 7.18. The number of benzene rings is 1. The SMILES string of the molecule is O=C(O)CN(Cc1ccccc1)C(=O)CC1CCCC1. The number of carbonyl (C=O) groups is 2. The Labute approximate surface area is 119 Å². The fourth-order valence-corrected chi connectivity index (χ4v) is 2.79. The lowest BCUT2D eigenvalue weighted by Crippen LogP contribution is -2.35. The summed E-state index contributed by atoms with van der Waals surface area (Å²) in [4.78, 5) is 24.7. The predicted octanol–water partition coefficient (Wildman–Crippen LogP) is 2.68. The van der Waals surface area contributed by atoms with Crippen LogP contribution in [0.4, 0.5) is 0 Å². The van der Waals surface area contributed by atoms with Gasteiger partial charge in [-0.3, -0.25) is 9.59 Å². The molecule has 0 bridgehead atoms. The highest BCUT2D eigenvalue weighted by Gasteiger charge is 2.23. The van der Waals surface area contributed by atoms with E-state index in [0.29, 0.717) is 18.9 Å². The first-order chi connectivity index (χ1) is 9.65. The molecule has 1 saturated carbocycles. The van der Waals surface area contributed by atoms with Crippen LogP contribution in [0.3, 0.4) is 0 Å². The Morgan fingerprint density at radius 3 is 2.40 bits per heavy atom. The third kappa shape index (κ3) is 4.37. The fraction of sp³-hybridized carbons (Fsp3) is 0.500. The van der Waals surface area contributed by atoms with E-state index in [4.69, 9.17) is 5.11 Å². The summed E-state index contributed by atoms with van der Waals surface area (Å²) < 4.78 is 0. The first kappa shape index (κ1) is 14.6. The molecule has 4 nitrogen and oxygen atoms in total. The molecule has 0 atom stereocenters. The molecule has 0 unspecified atom stereocenters. The summed E-state index contributed by atoms with van der Waals surface area (Å²) >= 11 is 0. The van der Waals surface area contributed by atoms with E-state index in [1.165, 1.54) is 17.7 Å². The molecule has 0 heterocycles. The smallest absolute Gasteiger partial charge is 0.323 e. The number of carboxylic acid groups (broad SMARTS) is 1. The molecular weight excluding hydrogens is 254 g/mol. The molecule has 108 valence electrons. The Bertz CT molecular complexity index is 452. The molecule has 0 radical (unpaired) electrons. The lowest BCUT2D eigenvalue weighted by atomic mass is 10.0. The van der Waals surface area contributed by atoms with Gasteiger partial charge < -0.3 is 10.0 Å². The van der Waals surface area contributed by atoms with Crippen LogP contribution >= 0.6 is 0 Å². The largest absolute Gasteiger partial charge is 0.480 e. The molecular formula is C16H21NO3. The number of carboxylic acids is 1. The van der Waals surface area contributed by atoms with Gasteiger partial charge in [0.2, 0.25) is 5.91 Å². The second-order valence-corrected chi connectivity index (χ2v) is 5.48. The van der Waals surface area contributed by atoms with Crippen molar-refractivity contribution in [3.8, 4) is 0 Å². The number of carbonyl (C=O) groups excluding carboxylic acids is 1. The summed E-state index contributed by atoms with van der Waals surface area (Å²) in [5, 5.41) is 8.98. The van der Waals surface area contributed by atoms with Crippen LogP contribution in [-0.2, 0) is 16.1 Å². The van der Waals surface area contributed by atoms with Crippen molar-refractivity contribution in [1.29, 1.82) is 0 Å². The van der Waals surface area contributed by atoms with E-state index in [0.717, 1.165) is 18.4 Å². The van der Waals surface area contributed by atoms with E-state index in [9.17, 15) is 9.59 Å². The van der Waals surface area contributed by atoms with E-state index >= 15 is 0 Å². The molecule has 0 saturated heterocycles. The molecule has 1 aromatic rings. The van der Waals surface area contributed by atoms with Gasteiger partial charge in [-0.2, -0.15) is 0 Å². The van der Waals surface area contributed by atoms with Gasteiger partial charge in [0.15, 0.2) is 0 Å². The summed E-state index contributed by atoms with van der Waals surface area (Å²) in [6, 6.07) is 9.53. The summed E-state index contributed by atoms with van der Waals surface area (Å²) in [5.41, 5.74) is 0.966. The third-order valence-corrected chi connectivity index (χ3v) is 3.83. The molecule has 1 N–H and O–H groups in total. The van der Waals surface area contributed by atoms with Crippen LogP contribution in [0, 0.1) is 5.92 Å². The maximum atomic E-state index is 12.3. The van der Waals surface area contributed by atoms with Gasteiger partial charge in [-0.1, -0.05) is 43.2 Å². The minimum atomic E-state index is -0.958. The highest BCUT2D eigenvalue weighted by molar-refractivity contribution is 5.81. The summed E-state index contributed by atoms with van der Waals surface area (Å²) in [7, 11) is 0. The van der Waals surface area contributed by atoms with Crippen molar-refractivity contribution >= 4 is 11.9 Å². The first-order valence-corrected chi connectivity index (χ1v) is 7.18. The van der Waals surface area contributed by atoms with Gasteiger partial charge >= 0.3 is 5.97 Å². The van der Waals surface area contributed by atoms with Gasteiger partial charge in [-0.25, -0.2) is 0 Å². The Hall–Kier alpha value is -1.84. The van der Waals surface area contributed by atoms with E-state index in [-0.39, 0.29) is 12.5 Å². The molecule has 2 rings (SSSR count). The minimum absolute atomic E-state index is 0.0387. The average Bonchev–Trinajstić information content (AvgIpc) is 2.91. The highest BCUT2D eigenvalue weighted by Crippen LogP contribution is 2.28. The predicted molar refractivity (Wildman–Crippen MR) is 76.1 cm³/mol. The van der Waals surface area contributed by atoms with Crippen molar-refractivity contribution in [3.05, 3.63) is 35.9 Å². The van der Waals surface area contributed by atoms with Crippen LogP contribution in [0.1, 0.15) is 37.7 Å². The molecule has 1 amide bonds. The zero-order chi connectivity index (χ0) is 14.4. The lowest BCUT2D eigenvalue weighted by molar-refractivity contribution is -0.145. The maximum Gasteiger partial charge on any atom is 0.323 e. The molecule has 1 aliphatic rings.